The molecule has 136 valence electrons. The first kappa shape index (κ1) is 18.9. The molecule has 1 aromatic carbocycles. The summed E-state index contributed by atoms with van der Waals surface area (Å²) in [6, 6.07) is 8.70. The molecule has 2 heterocycles. The minimum Gasteiger partial charge on any atom is -0.295 e. The smallest absolute Gasteiger partial charge is 0.242 e. The highest BCUT2D eigenvalue weighted by atomic mass is 35.5. The Morgan fingerprint density at radius 3 is 2.48 bits per heavy atom. The van der Waals surface area contributed by atoms with Crippen molar-refractivity contribution in [2.45, 2.75) is 36.6 Å². The minimum atomic E-state index is -3.63. The molecule has 3 rings (SSSR count). The number of nitrogens with zero attached hydrogens (tertiary/aromatic N) is 1. The van der Waals surface area contributed by atoms with Gasteiger partial charge in [0.25, 0.3) is 0 Å². The predicted molar refractivity (Wildman–Crippen MR) is 104 cm³/mol. The Labute approximate surface area is 158 Å². The van der Waals surface area contributed by atoms with Crippen LogP contribution >= 0.6 is 22.9 Å². The van der Waals surface area contributed by atoms with E-state index in [9.17, 15) is 8.42 Å². The molecule has 0 saturated carbocycles. The summed E-state index contributed by atoms with van der Waals surface area (Å²) in [5.41, 5.74) is 1.17. The van der Waals surface area contributed by atoms with Crippen molar-refractivity contribution in [1.29, 1.82) is 0 Å². The molecular formula is C18H23ClN2O2S2. The average molecular weight is 399 g/mol. The molecule has 1 aromatic heterocycles. The highest BCUT2D eigenvalue weighted by Gasteiger charge is 2.25. The van der Waals surface area contributed by atoms with Gasteiger partial charge < -0.3 is 0 Å². The third-order valence-electron chi connectivity index (χ3n) is 4.60. The van der Waals surface area contributed by atoms with Gasteiger partial charge in [-0.15, -0.1) is 0 Å². The second-order valence-electron chi connectivity index (χ2n) is 6.30. The van der Waals surface area contributed by atoms with Gasteiger partial charge in [0.2, 0.25) is 10.0 Å². The first-order valence-corrected chi connectivity index (χ1v) is 11.4. The lowest BCUT2D eigenvalue weighted by Crippen LogP contribution is -2.38. The molecule has 7 heteroatoms. The molecular weight excluding hydrogens is 376 g/mol. The van der Waals surface area contributed by atoms with E-state index in [1.165, 1.54) is 24.5 Å². The summed E-state index contributed by atoms with van der Waals surface area (Å²) in [4.78, 5) is 2.54. The van der Waals surface area contributed by atoms with Gasteiger partial charge in [0.15, 0.2) is 0 Å². The number of hydrogen-bond donors (Lipinski definition) is 1. The van der Waals surface area contributed by atoms with E-state index in [0.717, 1.165) is 25.9 Å². The lowest BCUT2D eigenvalue weighted by molar-refractivity contribution is 0.206. The summed E-state index contributed by atoms with van der Waals surface area (Å²) in [6.07, 6.45) is 4.83. The fourth-order valence-electron chi connectivity index (χ4n) is 3.26. The van der Waals surface area contributed by atoms with E-state index in [2.05, 4.69) is 21.1 Å². The molecule has 0 unspecified atom stereocenters. The van der Waals surface area contributed by atoms with Crippen LogP contribution in [0.2, 0.25) is 5.02 Å². The van der Waals surface area contributed by atoms with Crippen molar-refractivity contribution in [1.82, 2.24) is 9.62 Å². The largest absolute Gasteiger partial charge is 0.295 e. The van der Waals surface area contributed by atoms with Crippen LogP contribution in [0.1, 0.15) is 37.3 Å². The molecule has 1 aliphatic rings. The van der Waals surface area contributed by atoms with Crippen LogP contribution in [0.15, 0.2) is 46.0 Å². The summed E-state index contributed by atoms with van der Waals surface area (Å²) >= 11 is 7.71. The molecule has 2 aromatic rings. The molecule has 1 aliphatic heterocycles. The Bertz CT molecular complexity index is 770. The van der Waals surface area contributed by atoms with Crippen LogP contribution in [-0.2, 0) is 10.0 Å². The summed E-state index contributed by atoms with van der Waals surface area (Å²) in [7, 11) is -3.63. The van der Waals surface area contributed by atoms with Gasteiger partial charge >= 0.3 is 0 Å². The van der Waals surface area contributed by atoms with Gasteiger partial charge in [0.05, 0.1) is 5.02 Å². The number of halogens is 1. The van der Waals surface area contributed by atoms with E-state index < -0.39 is 10.0 Å². The van der Waals surface area contributed by atoms with E-state index in [1.54, 1.807) is 29.5 Å². The molecule has 1 N–H and O–H groups in total. The summed E-state index contributed by atoms with van der Waals surface area (Å²) in [6.45, 7) is 2.37. The fraction of sp³-hybridized carbons (Fsp3) is 0.444. The topological polar surface area (TPSA) is 49.4 Å². The maximum Gasteiger partial charge on any atom is 0.242 e. The number of benzene rings is 1. The molecule has 1 saturated heterocycles. The zero-order valence-corrected chi connectivity index (χ0v) is 16.4. The Morgan fingerprint density at radius 1 is 1.12 bits per heavy atom. The fourth-order valence-corrected chi connectivity index (χ4v) is 5.52. The second-order valence-corrected chi connectivity index (χ2v) is 9.23. The zero-order chi connectivity index (χ0) is 17.7. The molecule has 0 aliphatic carbocycles. The van der Waals surface area contributed by atoms with Crippen molar-refractivity contribution in [2.24, 2.45) is 0 Å². The van der Waals surface area contributed by atoms with Gasteiger partial charge in [-0.3, -0.25) is 4.90 Å². The van der Waals surface area contributed by atoms with Crippen molar-refractivity contribution >= 4 is 33.0 Å². The molecule has 4 nitrogen and oxygen atoms in total. The second kappa shape index (κ2) is 8.64. The molecule has 0 amide bonds. The van der Waals surface area contributed by atoms with Crippen LogP contribution in [-0.4, -0.2) is 33.0 Å². The van der Waals surface area contributed by atoms with Crippen molar-refractivity contribution in [3.05, 3.63) is 51.7 Å². The van der Waals surface area contributed by atoms with Crippen molar-refractivity contribution in [3.8, 4) is 0 Å². The summed E-state index contributed by atoms with van der Waals surface area (Å²) in [5.74, 6) is 0. The molecule has 1 atom stereocenters. The number of rotatable bonds is 6. The maximum atomic E-state index is 12.7. The van der Waals surface area contributed by atoms with Gasteiger partial charge in [-0.05, 0) is 60.5 Å². The van der Waals surface area contributed by atoms with Crippen LogP contribution in [0.5, 0.6) is 0 Å². The van der Waals surface area contributed by atoms with Crippen molar-refractivity contribution < 1.29 is 8.42 Å². The third-order valence-corrected chi connectivity index (χ3v) is 7.23. The van der Waals surface area contributed by atoms with E-state index in [1.807, 2.05) is 5.38 Å². The van der Waals surface area contributed by atoms with Crippen LogP contribution in [0, 0.1) is 0 Å². The number of thiophene rings is 1. The van der Waals surface area contributed by atoms with E-state index in [-0.39, 0.29) is 16.0 Å². The normalized spacial score (nSPS) is 18.0. The lowest BCUT2D eigenvalue weighted by Gasteiger charge is -2.30. The van der Waals surface area contributed by atoms with Gasteiger partial charge in [0.1, 0.15) is 4.90 Å². The number of sulfonamides is 1. The number of hydrogen-bond acceptors (Lipinski definition) is 4. The van der Waals surface area contributed by atoms with Gasteiger partial charge in [0, 0.05) is 12.6 Å². The van der Waals surface area contributed by atoms with Crippen molar-refractivity contribution in [3.63, 3.8) is 0 Å². The zero-order valence-electron chi connectivity index (χ0n) is 14.0. The highest BCUT2D eigenvalue weighted by Crippen LogP contribution is 2.27. The Morgan fingerprint density at radius 2 is 1.84 bits per heavy atom. The number of nitrogens with one attached hydrogen (secondary N) is 1. The Kier molecular flexibility index (Phi) is 6.52. The molecule has 0 bridgehead atoms. The standard InChI is InChI=1S/C18H23ClN2O2S2/c19-16-7-3-4-8-18(16)25(22,23)20-13-17(15-9-12-24-14-15)21-10-5-1-2-6-11-21/h3-4,7-9,12,14,17,20H,1-2,5-6,10-11,13H2/t17-/m1/s1. The Hall–Kier alpha value is -0.920. The monoisotopic (exact) mass is 398 g/mol. The third kappa shape index (κ3) is 4.83. The lowest BCUT2D eigenvalue weighted by atomic mass is 10.1. The summed E-state index contributed by atoms with van der Waals surface area (Å²) < 4.78 is 28.1. The van der Waals surface area contributed by atoms with Gasteiger partial charge in [-0.2, -0.15) is 11.3 Å². The summed E-state index contributed by atoms with van der Waals surface area (Å²) in [5, 5.41) is 4.40. The minimum absolute atomic E-state index is 0.0570. The maximum absolute atomic E-state index is 12.7. The van der Waals surface area contributed by atoms with Gasteiger partial charge in [-0.25, -0.2) is 13.1 Å². The SMILES string of the molecule is O=S(=O)(NC[C@H](c1ccsc1)N1CCCCCC1)c1ccccc1Cl. The van der Waals surface area contributed by atoms with Crippen LogP contribution in [0.3, 0.4) is 0 Å². The highest BCUT2D eigenvalue weighted by molar-refractivity contribution is 7.89. The molecule has 25 heavy (non-hydrogen) atoms. The predicted octanol–water partition coefficient (Wildman–Crippen LogP) is 4.30. The first-order valence-electron chi connectivity index (χ1n) is 8.58. The van der Waals surface area contributed by atoms with Crippen molar-refractivity contribution in [2.75, 3.05) is 19.6 Å². The van der Waals surface area contributed by atoms with E-state index >= 15 is 0 Å². The molecule has 0 radical (unpaired) electrons. The molecule has 0 spiro atoms. The first-order chi connectivity index (χ1) is 12.1. The van der Waals surface area contributed by atoms with E-state index in [4.69, 9.17) is 11.6 Å². The van der Waals surface area contributed by atoms with E-state index in [0.29, 0.717) is 6.54 Å². The van der Waals surface area contributed by atoms with Crippen LogP contribution < -0.4 is 4.72 Å². The van der Waals surface area contributed by atoms with Crippen LogP contribution in [0.4, 0.5) is 0 Å². The quantitative estimate of drug-likeness (QED) is 0.789. The Balaban J connectivity index is 1.77. The van der Waals surface area contributed by atoms with Gasteiger partial charge in [-0.1, -0.05) is 36.6 Å². The average Bonchev–Trinajstić information content (AvgIpc) is 2.98. The number of likely N-dealkylation sites (tertiary alicyclic amines) is 1. The van der Waals surface area contributed by atoms with Crippen LogP contribution in [0.25, 0.3) is 0 Å². The molecule has 1 fully saturated rings.